The molecule has 4 nitrogen and oxygen atoms in total. The van der Waals surface area contributed by atoms with Gasteiger partial charge in [0.1, 0.15) is 11.6 Å². The fraction of sp³-hybridized carbons (Fsp3) is 0.278. The number of ether oxygens (including phenoxy) is 1. The number of alkyl halides is 3. The summed E-state index contributed by atoms with van der Waals surface area (Å²) in [6, 6.07) is 7.39. The standard InChI is InChI=1S/C18H16ClF4NO3/c1-10(27-15-8-3-2-6-12(15)18(21,22)23)17(26)24-14(9-25)11-5-4-7-13(19)16(11)20/h2-8,10,14,25H,9H2,1H3,(H,24,26)/t10-,14-/m0/s1. The number of aliphatic hydroxyl groups excluding tert-OH is 1. The van der Waals surface area contributed by atoms with E-state index in [0.29, 0.717) is 0 Å². The molecule has 27 heavy (non-hydrogen) atoms. The number of hydrogen-bond acceptors (Lipinski definition) is 3. The number of amides is 1. The second kappa shape index (κ2) is 8.58. The van der Waals surface area contributed by atoms with Crippen molar-refractivity contribution in [2.24, 2.45) is 0 Å². The molecule has 146 valence electrons. The van der Waals surface area contributed by atoms with Gasteiger partial charge in [0.05, 0.1) is 23.2 Å². The monoisotopic (exact) mass is 405 g/mol. The van der Waals surface area contributed by atoms with Gasteiger partial charge in [-0.2, -0.15) is 13.2 Å². The molecule has 0 radical (unpaired) electrons. The number of carbonyl (C=O) groups excluding carboxylic acids is 1. The van der Waals surface area contributed by atoms with Gasteiger partial charge in [-0.15, -0.1) is 0 Å². The number of halogens is 5. The van der Waals surface area contributed by atoms with E-state index >= 15 is 0 Å². The lowest BCUT2D eigenvalue weighted by atomic mass is 10.1. The number of para-hydroxylation sites is 1. The van der Waals surface area contributed by atoms with Crippen molar-refractivity contribution < 1.29 is 32.2 Å². The van der Waals surface area contributed by atoms with E-state index in [2.05, 4.69) is 5.32 Å². The summed E-state index contributed by atoms with van der Waals surface area (Å²) in [7, 11) is 0. The maximum Gasteiger partial charge on any atom is 0.419 e. The van der Waals surface area contributed by atoms with Gasteiger partial charge >= 0.3 is 6.18 Å². The lowest BCUT2D eigenvalue weighted by molar-refractivity contribution is -0.140. The minimum atomic E-state index is -4.65. The Morgan fingerprint density at radius 3 is 2.52 bits per heavy atom. The molecule has 9 heteroatoms. The van der Waals surface area contributed by atoms with Crippen molar-refractivity contribution in [2.45, 2.75) is 25.2 Å². The summed E-state index contributed by atoms with van der Waals surface area (Å²) < 4.78 is 58.2. The van der Waals surface area contributed by atoms with Crippen LogP contribution in [0, 0.1) is 5.82 Å². The smallest absolute Gasteiger partial charge is 0.419 e. The molecular formula is C18H16ClF4NO3. The second-order valence-corrected chi connectivity index (χ2v) is 6.05. The summed E-state index contributed by atoms with van der Waals surface area (Å²) in [6.45, 7) is 0.597. The Bertz CT molecular complexity index is 813. The predicted molar refractivity (Wildman–Crippen MR) is 90.9 cm³/mol. The van der Waals surface area contributed by atoms with Gasteiger partial charge in [0.25, 0.3) is 5.91 Å². The molecule has 0 saturated carbocycles. The molecule has 0 fully saturated rings. The van der Waals surface area contributed by atoms with Crippen LogP contribution in [0.1, 0.15) is 24.1 Å². The third-order valence-corrected chi connectivity index (χ3v) is 4.01. The quantitative estimate of drug-likeness (QED) is 0.711. The van der Waals surface area contributed by atoms with Crippen LogP contribution in [0.3, 0.4) is 0 Å². The van der Waals surface area contributed by atoms with Crippen LogP contribution >= 0.6 is 11.6 Å². The van der Waals surface area contributed by atoms with E-state index in [1.807, 2.05) is 0 Å². The Labute approximate surface area is 157 Å². The number of nitrogens with one attached hydrogen (secondary N) is 1. The van der Waals surface area contributed by atoms with E-state index in [1.54, 1.807) is 0 Å². The molecule has 2 rings (SSSR count). The van der Waals surface area contributed by atoms with Gasteiger partial charge in [-0.1, -0.05) is 35.9 Å². The van der Waals surface area contributed by atoms with Gasteiger partial charge in [-0.3, -0.25) is 4.79 Å². The lowest BCUT2D eigenvalue weighted by Crippen LogP contribution is -2.40. The first-order valence-electron chi connectivity index (χ1n) is 7.83. The first kappa shape index (κ1) is 21.0. The summed E-state index contributed by atoms with van der Waals surface area (Å²) in [4.78, 5) is 12.3. The highest BCUT2D eigenvalue weighted by Gasteiger charge is 2.35. The average molecular weight is 406 g/mol. The molecule has 0 spiro atoms. The van der Waals surface area contributed by atoms with Crippen LogP contribution in [0.5, 0.6) is 5.75 Å². The molecule has 0 saturated heterocycles. The van der Waals surface area contributed by atoms with Gasteiger partial charge in [-0.05, 0) is 25.1 Å². The minimum Gasteiger partial charge on any atom is -0.480 e. The zero-order chi connectivity index (χ0) is 20.2. The predicted octanol–water partition coefficient (Wildman–Crippen LogP) is 4.12. The maximum absolute atomic E-state index is 14.1. The van der Waals surface area contributed by atoms with E-state index in [9.17, 15) is 27.5 Å². The van der Waals surface area contributed by atoms with E-state index in [0.717, 1.165) is 12.1 Å². The number of benzene rings is 2. The van der Waals surface area contributed by atoms with Crippen molar-refractivity contribution in [1.82, 2.24) is 5.32 Å². The maximum atomic E-state index is 14.1. The highest BCUT2D eigenvalue weighted by molar-refractivity contribution is 6.30. The molecule has 0 bridgehead atoms. The van der Waals surface area contributed by atoms with Crippen molar-refractivity contribution in [2.75, 3.05) is 6.61 Å². The van der Waals surface area contributed by atoms with Crippen LogP contribution in [-0.2, 0) is 11.0 Å². The van der Waals surface area contributed by atoms with Crippen LogP contribution in [0.15, 0.2) is 42.5 Å². The molecule has 0 aromatic heterocycles. The molecule has 2 aromatic rings. The fourth-order valence-corrected chi connectivity index (χ4v) is 2.53. The fourth-order valence-electron chi connectivity index (χ4n) is 2.35. The van der Waals surface area contributed by atoms with Crippen LogP contribution in [0.4, 0.5) is 17.6 Å². The number of aliphatic hydroxyl groups is 1. The Balaban J connectivity index is 2.15. The molecule has 0 aliphatic heterocycles. The lowest BCUT2D eigenvalue weighted by Gasteiger charge is -2.22. The van der Waals surface area contributed by atoms with E-state index < -0.39 is 48.0 Å². The van der Waals surface area contributed by atoms with Crippen molar-refractivity contribution in [3.8, 4) is 5.75 Å². The average Bonchev–Trinajstić information content (AvgIpc) is 2.61. The highest BCUT2D eigenvalue weighted by atomic mass is 35.5. The van der Waals surface area contributed by atoms with Crippen LogP contribution in [-0.4, -0.2) is 23.7 Å². The molecular weight excluding hydrogens is 390 g/mol. The van der Waals surface area contributed by atoms with Crippen molar-refractivity contribution in [3.63, 3.8) is 0 Å². The first-order valence-corrected chi connectivity index (χ1v) is 8.21. The molecule has 1 amide bonds. The third-order valence-electron chi connectivity index (χ3n) is 3.72. The van der Waals surface area contributed by atoms with Crippen LogP contribution < -0.4 is 10.1 Å². The molecule has 0 heterocycles. The largest absolute Gasteiger partial charge is 0.480 e. The Morgan fingerprint density at radius 2 is 1.89 bits per heavy atom. The van der Waals surface area contributed by atoms with Gasteiger partial charge < -0.3 is 15.2 Å². The minimum absolute atomic E-state index is 0.0544. The van der Waals surface area contributed by atoms with Gasteiger partial charge in [-0.25, -0.2) is 4.39 Å². The van der Waals surface area contributed by atoms with Gasteiger partial charge in [0.2, 0.25) is 0 Å². The zero-order valence-corrected chi connectivity index (χ0v) is 14.8. The van der Waals surface area contributed by atoms with Crippen molar-refractivity contribution in [1.29, 1.82) is 0 Å². The Kier molecular flexibility index (Phi) is 6.67. The molecule has 2 N–H and O–H groups in total. The first-order chi connectivity index (χ1) is 12.6. The van der Waals surface area contributed by atoms with Crippen LogP contribution in [0.2, 0.25) is 5.02 Å². The summed E-state index contributed by atoms with van der Waals surface area (Å²) >= 11 is 5.68. The van der Waals surface area contributed by atoms with Crippen molar-refractivity contribution >= 4 is 17.5 Å². The summed E-state index contributed by atoms with van der Waals surface area (Å²) in [6.07, 6.45) is -5.98. The van der Waals surface area contributed by atoms with E-state index in [1.165, 1.54) is 37.3 Å². The highest BCUT2D eigenvalue weighted by Crippen LogP contribution is 2.36. The summed E-state index contributed by atoms with van der Waals surface area (Å²) in [5.74, 6) is -2.15. The summed E-state index contributed by atoms with van der Waals surface area (Å²) in [5, 5.41) is 11.6. The third kappa shape index (κ3) is 5.11. The van der Waals surface area contributed by atoms with Crippen LogP contribution in [0.25, 0.3) is 0 Å². The zero-order valence-electron chi connectivity index (χ0n) is 14.1. The van der Waals surface area contributed by atoms with E-state index in [-0.39, 0.29) is 10.6 Å². The number of carbonyl (C=O) groups is 1. The normalized spacial score (nSPS) is 13.7. The molecule has 2 aromatic carbocycles. The van der Waals surface area contributed by atoms with Gasteiger partial charge in [0, 0.05) is 5.56 Å². The number of hydrogen-bond donors (Lipinski definition) is 2. The van der Waals surface area contributed by atoms with Gasteiger partial charge in [0.15, 0.2) is 6.10 Å². The Morgan fingerprint density at radius 1 is 1.22 bits per heavy atom. The SMILES string of the molecule is C[C@H](Oc1ccccc1C(F)(F)F)C(=O)N[C@@H](CO)c1cccc(Cl)c1F. The molecule has 0 aliphatic carbocycles. The second-order valence-electron chi connectivity index (χ2n) is 5.64. The molecule has 0 aliphatic rings. The number of rotatable bonds is 6. The summed E-state index contributed by atoms with van der Waals surface area (Å²) in [5.41, 5.74) is -1.08. The van der Waals surface area contributed by atoms with Crippen molar-refractivity contribution in [3.05, 3.63) is 64.4 Å². The van der Waals surface area contributed by atoms with E-state index in [4.69, 9.17) is 16.3 Å². The Hall–Kier alpha value is -2.32. The molecule has 0 unspecified atom stereocenters. The molecule has 2 atom stereocenters. The topological polar surface area (TPSA) is 58.6 Å².